The van der Waals surface area contributed by atoms with Crippen LogP contribution in [0.3, 0.4) is 0 Å². The normalized spacial score (nSPS) is 10.2. The van der Waals surface area contributed by atoms with Crippen molar-refractivity contribution in [3.63, 3.8) is 0 Å². The zero-order valence-corrected chi connectivity index (χ0v) is 9.79. The van der Waals surface area contributed by atoms with Crippen LogP contribution in [-0.4, -0.2) is 10.9 Å². The van der Waals surface area contributed by atoms with Gasteiger partial charge in [0, 0.05) is 23.5 Å². The Bertz CT molecular complexity index is 536. The summed E-state index contributed by atoms with van der Waals surface area (Å²) >= 11 is 5.98. The molecule has 0 radical (unpaired) electrons. The number of nitrogens with one attached hydrogen (secondary N) is 2. The Morgan fingerprint density at radius 1 is 1.41 bits per heavy atom. The Hall–Kier alpha value is -1.94. The van der Waals surface area contributed by atoms with Crippen molar-refractivity contribution in [2.24, 2.45) is 0 Å². The topological polar surface area (TPSA) is 70.9 Å². The highest BCUT2D eigenvalue weighted by Gasteiger charge is 2.07. The lowest BCUT2D eigenvalue weighted by Gasteiger charge is -2.05. The fraction of sp³-hybridized carbons (Fsp3) is 0.0833. The van der Waals surface area contributed by atoms with Gasteiger partial charge in [-0.2, -0.15) is 0 Å². The maximum absolute atomic E-state index is 11.7. The predicted octanol–water partition coefficient (Wildman–Crippen LogP) is 2.18. The number of hydrogen-bond acceptors (Lipinski definition) is 2. The summed E-state index contributed by atoms with van der Waals surface area (Å²) in [5, 5.41) is 3.40. The molecule has 0 fully saturated rings. The summed E-state index contributed by atoms with van der Waals surface area (Å²) in [7, 11) is 0. The first-order valence-corrected chi connectivity index (χ1v) is 5.50. The average Bonchev–Trinajstić information content (AvgIpc) is 2.74. The van der Waals surface area contributed by atoms with Gasteiger partial charge in [-0.05, 0) is 17.7 Å². The van der Waals surface area contributed by atoms with E-state index in [1.165, 1.54) is 0 Å². The number of hydrogen-bond donors (Lipinski definition) is 3. The lowest BCUT2D eigenvalue weighted by Crippen LogP contribution is -2.23. The van der Waals surface area contributed by atoms with E-state index in [0.717, 1.165) is 5.56 Å². The minimum atomic E-state index is -0.207. The summed E-state index contributed by atoms with van der Waals surface area (Å²) in [6, 6.07) is 8.96. The summed E-state index contributed by atoms with van der Waals surface area (Å²) in [5.41, 5.74) is 7.37. The number of aromatic nitrogens is 1. The van der Waals surface area contributed by atoms with Crippen LogP contribution in [0.5, 0.6) is 0 Å². The number of amides is 1. The second kappa shape index (κ2) is 4.93. The Labute approximate surface area is 104 Å². The van der Waals surface area contributed by atoms with Crippen LogP contribution < -0.4 is 11.1 Å². The van der Waals surface area contributed by atoms with E-state index in [2.05, 4.69) is 10.3 Å². The van der Waals surface area contributed by atoms with Crippen molar-refractivity contribution >= 4 is 23.2 Å². The number of halogens is 1. The van der Waals surface area contributed by atoms with Gasteiger partial charge in [-0.1, -0.05) is 29.8 Å². The van der Waals surface area contributed by atoms with Crippen molar-refractivity contribution in [2.75, 3.05) is 5.73 Å². The highest BCUT2D eigenvalue weighted by molar-refractivity contribution is 6.31. The third-order valence-corrected chi connectivity index (χ3v) is 2.72. The van der Waals surface area contributed by atoms with Crippen LogP contribution in [-0.2, 0) is 6.54 Å². The highest BCUT2D eigenvalue weighted by atomic mass is 35.5. The number of anilines is 1. The van der Waals surface area contributed by atoms with Gasteiger partial charge in [-0.25, -0.2) is 0 Å². The number of nitrogen functional groups attached to an aromatic ring is 1. The molecule has 1 aromatic heterocycles. The monoisotopic (exact) mass is 249 g/mol. The van der Waals surface area contributed by atoms with E-state index >= 15 is 0 Å². The van der Waals surface area contributed by atoms with Crippen molar-refractivity contribution in [3.8, 4) is 0 Å². The number of carbonyl (C=O) groups excluding carboxylic acids is 1. The summed E-state index contributed by atoms with van der Waals surface area (Å²) < 4.78 is 0. The van der Waals surface area contributed by atoms with Gasteiger partial charge in [0.15, 0.2) is 0 Å². The molecule has 0 aliphatic rings. The summed E-state index contributed by atoms with van der Waals surface area (Å²) in [6.07, 6.45) is 1.57. The average molecular weight is 250 g/mol. The molecule has 0 aliphatic carbocycles. The van der Waals surface area contributed by atoms with Crippen LogP contribution in [0.15, 0.2) is 36.5 Å². The minimum absolute atomic E-state index is 0.207. The van der Waals surface area contributed by atoms with Gasteiger partial charge < -0.3 is 16.0 Å². The summed E-state index contributed by atoms with van der Waals surface area (Å²) in [6.45, 7) is 0.386. The minimum Gasteiger partial charge on any atom is -0.397 e. The van der Waals surface area contributed by atoms with Gasteiger partial charge in [0.2, 0.25) is 0 Å². The van der Waals surface area contributed by atoms with Gasteiger partial charge in [0.05, 0.1) is 0 Å². The maximum Gasteiger partial charge on any atom is 0.268 e. The first kappa shape index (κ1) is 11.5. The third kappa shape index (κ3) is 2.79. The van der Waals surface area contributed by atoms with Crippen LogP contribution in [0.4, 0.5) is 5.69 Å². The number of rotatable bonds is 3. The van der Waals surface area contributed by atoms with E-state index < -0.39 is 0 Å². The van der Waals surface area contributed by atoms with E-state index in [0.29, 0.717) is 22.9 Å². The molecule has 1 aromatic carbocycles. The van der Waals surface area contributed by atoms with Crippen molar-refractivity contribution < 1.29 is 4.79 Å². The van der Waals surface area contributed by atoms with Gasteiger partial charge >= 0.3 is 0 Å². The van der Waals surface area contributed by atoms with E-state index in [-0.39, 0.29) is 5.91 Å². The maximum atomic E-state index is 11.7. The molecule has 0 saturated carbocycles. The molecule has 0 saturated heterocycles. The number of carbonyl (C=O) groups is 1. The van der Waals surface area contributed by atoms with Crippen molar-refractivity contribution in [3.05, 3.63) is 52.8 Å². The molecule has 1 amide bonds. The van der Waals surface area contributed by atoms with Gasteiger partial charge in [0.1, 0.15) is 5.69 Å². The number of benzene rings is 1. The molecule has 17 heavy (non-hydrogen) atoms. The van der Waals surface area contributed by atoms with Crippen LogP contribution in [0.1, 0.15) is 16.1 Å². The predicted molar refractivity (Wildman–Crippen MR) is 67.8 cm³/mol. The Balaban J connectivity index is 1.99. The molecule has 0 unspecified atom stereocenters. The molecule has 0 aliphatic heterocycles. The van der Waals surface area contributed by atoms with Crippen molar-refractivity contribution in [1.82, 2.24) is 10.3 Å². The zero-order chi connectivity index (χ0) is 12.3. The quantitative estimate of drug-likeness (QED) is 0.780. The van der Waals surface area contributed by atoms with Crippen LogP contribution >= 0.6 is 11.6 Å². The first-order valence-electron chi connectivity index (χ1n) is 5.12. The molecule has 0 bridgehead atoms. The van der Waals surface area contributed by atoms with Gasteiger partial charge in [-0.15, -0.1) is 0 Å². The molecule has 2 aromatic rings. The first-order chi connectivity index (χ1) is 8.16. The van der Waals surface area contributed by atoms with Crippen molar-refractivity contribution in [1.29, 1.82) is 0 Å². The molecular formula is C12H12ClN3O. The Morgan fingerprint density at radius 2 is 2.18 bits per heavy atom. The SMILES string of the molecule is Nc1c[nH]c(C(=O)NCc2ccccc2Cl)c1. The molecular weight excluding hydrogens is 238 g/mol. The lowest BCUT2D eigenvalue weighted by atomic mass is 10.2. The molecule has 4 nitrogen and oxygen atoms in total. The highest BCUT2D eigenvalue weighted by Crippen LogP contribution is 2.14. The Kier molecular flexibility index (Phi) is 3.35. The van der Waals surface area contributed by atoms with E-state index in [1.54, 1.807) is 18.3 Å². The molecule has 0 spiro atoms. The fourth-order valence-electron chi connectivity index (χ4n) is 1.45. The van der Waals surface area contributed by atoms with Crippen LogP contribution in [0, 0.1) is 0 Å². The molecule has 88 valence electrons. The number of aromatic amines is 1. The molecule has 1 heterocycles. The second-order valence-electron chi connectivity index (χ2n) is 3.62. The smallest absolute Gasteiger partial charge is 0.268 e. The molecule has 5 heteroatoms. The molecule has 4 N–H and O–H groups in total. The second-order valence-corrected chi connectivity index (χ2v) is 4.03. The van der Waals surface area contributed by atoms with E-state index in [9.17, 15) is 4.79 Å². The van der Waals surface area contributed by atoms with E-state index in [4.69, 9.17) is 17.3 Å². The molecule has 2 rings (SSSR count). The van der Waals surface area contributed by atoms with Crippen LogP contribution in [0.2, 0.25) is 5.02 Å². The van der Waals surface area contributed by atoms with Crippen LogP contribution in [0.25, 0.3) is 0 Å². The lowest BCUT2D eigenvalue weighted by molar-refractivity contribution is 0.0946. The third-order valence-electron chi connectivity index (χ3n) is 2.35. The number of nitrogens with two attached hydrogens (primary N) is 1. The zero-order valence-electron chi connectivity index (χ0n) is 9.03. The van der Waals surface area contributed by atoms with Crippen molar-refractivity contribution in [2.45, 2.75) is 6.54 Å². The van der Waals surface area contributed by atoms with Gasteiger partial charge in [-0.3, -0.25) is 4.79 Å². The number of H-pyrrole nitrogens is 1. The van der Waals surface area contributed by atoms with E-state index in [1.807, 2.05) is 18.2 Å². The fourth-order valence-corrected chi connectivity index (χ4v) is 1.66. The van der Waals surface area contributed by atoms with Gasteiger partial charge in [0.25, 0.3) is 5.91 Å². The summed E-state index contributed by atoms with van der Waals surface area (Å²) in [5.74, 6) is -0.207. The summed E-state index contributed by atoms with van der Waals surface area (Å²) in [4.78, 5) is 14.5. The largest absolute Gasteiger partial charge is 0.397 e. The molecule has 0 atom stereocenters. The Morgan fingerprint density at radius 3 is 2.82 bits per heavy atom. The standard InChI is InChI=1S/C12H12ClN3O/c13-10-4-2-1-3-8(10)6-16-12(17)11-5-9(14)7-15-11/h1-5,7,15H,6,14H2,(H,16,17).